The third-order valence-corrected chi connectivity index (χ3v) is 2.40. The van der Waals surface area contributed by atoms with E-state index in [2.05, 4.69) is 9.83 Å². The zero-order valence-electron chi connectivity index (χ0n) is 9.96. The minimum Gasteiger partial charge on any atom is -0.468 e. The van der Waals surface area contributed by atoms with Crippen LogP contribution in [0.2, 0.25) is 0 Å². The Labute approximate surface area is 106 Å². The highest BCUT2D eigenvalue weighted by molar-refractivity contribution is 5.73. The van der Waals surface area contributed by atoms with Gasteiger partial charge in [-0.1, -0.05) is 18.2 Å². The van der Waals surface area contributed by atoms with Crippen molar-refractivity contribution in [1.82, 2.24) is 4.98 Å². The van der Waals surface area contributed by atoms with E-state index in [9.17, 15) is 0 Å². The van der Waals surface area contributed by atoms with Gasteiger partial charge in [0.05, 0.1) is 6.57 Å². The third kappa shape index (κ3) is 2.65. The Bertz CT molecular complexity index is 562. The molecule has 0 fully saturated rings. The van der Waals surface area contributed by atoms with E-state index in [1.54, 1.807) is 31.6 Å². The van der Waals surface area contributed by atoms with Gasteiger partial charge in [-0.2, -0.15) is 0 Å². The lowest BCUT2D eigenvalue weighted by Gasteiger charge is -2.11. The summed E-state index contributed by atoms with van der Waals surface area (Å²) in [5.41, 5.74) is 2.38. The Kier molecular flexibility index (Phi) is 3.90. The molecule has 1 aromatic carbocycles. The van der Waals surface area contributed by atoms with Crippen molar-refractivity contribution >= 4 is 5.69 Å². The Morgan fingerprint density at radius 2 is 2.22 bits per heavy atom. The molecule has 0 spiro atoms. The molecule has 18 heavy (non-hydrogen) atoms. The molecule has 0 saturated carbocycles. The summed E-state index contributed by atoms with van der Waals surface area (Å²) >= 11 is 0. The lowest BCUT2D eigenvalue weighted by Crippen LogP contribution is -2.00. The summed E-state index contributed by atoms with van der Waals surface area (Å²) < 4.78 is 10.4. The van der Waals surface area contributed by atoms with Crippen LogP contribution in [0.25, 0.3) is 16.0 Å². The predicted octanol–water partition coefficient (Wildman–Crippen LogP) is 3.28. The smallest absolute Gasteiger partial charge is 0.190 e. The molecule has 0 aliphatic rings. The first kappa shape index (κ1) is 12.1. The fourth-order valence-corrected chi connectivity index (χ4v) is 1.58. The third-order valence-electron chi connectivity index (χ3n) is 2.40. The topological polar surface area (TPSA) is 35.7 Å². The summed E-state index contributed by atoms with van der Waals surface area (Å²) in [4.78, 5) is 7.47. The van der Waals surface area contributed by atoms with E-state index in [0.717, 1.165) is 11.1 Å². The molecule has 1 aromatic heterocycles. The van der Waals surface area contributed by atoms with Crippen molar-refractivity contribution in [2.24, 2.45) is 0 Å². The van der Waals surface area contributed by atoms with Gasteiger partial charge in [0.2, 0.25) is 0 Å². The average Bonchev–Trinajstić information content (AvgIpc) is 2.45. The van der Waals surface area contributed by atoms with E-state index in [-0.39, 0.29) is 6.79 Å². The molecular weight excluding hydrogens is 228 g/mol. The molecule has 4 heteroatoms. The molecule has 0 atom stereocenters. The Morgan fingerprint density at radius 1 is 1.33 bits per heavy atom. The molecule has 0 unspecified atom stereocenters. The van der Waals surface area contributed by atoms with Crippen molar-refractivity contribution < 1.29 is 9.47 Å². The molecule has 1 heterocycles. The molecule has 0 radical (unpaired) electrons. The summed E-state index contributed by atoms with van der Waals surface area (Å²) in [5, 5.41) is 0. The summed E-state index contributed by atoms with van der Waals surface area (Å²) in [5.74, 6) is 0.623. The van der Waals surface area contributed by atoms with Crippen LogP contribution in [0.4, 0.5) is 5.69 Å². The zero-order chi connectivity index (χ0) is 12.8. The van der Waals surface area contributed by atoms with Crippen LogP contribution in [0.3, 0.4) is 0 Å². The highest BCUT2D eigenvalue weighted by atomic mass is 16.7. The first-order chi connectivity index (χ1) is 8.85. The molecule has 0 aliphatic carbocycles. The number of hydrogen-bond acceptors (Lipinski definition) is 3. The standard InChI is InChI=1S/C14H12N2O2/c1-15-12-5-6-13(11-4-3-7-16-9-11)14(8-12)18-10-17-2/h3-9H,10H2,2H3. The first-order valence-corrected chi connectivity index (χ1v) is 5.39. The van der Waals surface area contributed by atoms with Gasteiger partial charge in [-0.25, -0.2) is 4.85 Å². The second-order valence-electron chi connectivity index (χ2n) is 3.58. The van der Waals surface area contributed by atoms with Gasteiger partial charge >= 0.3 is 0 Å². The molecule has 90 valence electrons. The van der Waals surface area contributed by atoms with Gasteiger partial charge in [0, 0.05) is 30.6 Å². The number of methoxy groups -OCH3 is 1. The lowest BCUT2D eigenvalue weighted by molar-refractivity contribution is 0.0516. The van der Waals surface area contributed by atoms with Crippen molar-refractivity contribution in [1.29, 1.82) is 0 Å². The highest BCUT2D eigenvalue weighted by Crippen LogP contribution is 2.33. The van der Waals surface area contributed by atoms with Gasteiger partial charge in [-0.3, -0.25) is 4.98 Å². The minimum atomic E-state index is 0.148. The average molecular weight is 240 g/mol. The minimum absolute atomic E-state index is 0.148. The fourth-order valence-electron chi connectivity index (χ4n) is 1.58. The Hall–Kier alpha value is -2.38. The van der Waals surface area contributed by atoms with Gasteiger partial charge in [0.15, 0.2) is 12.5 Å². The molecule has 0 bridgehead atoms. The Balaban J connectivity index is 2.43. The SMILES string of the molecule is [C-]#[N+]c1ccc(-c2cccnc2)c(OCOC)c1. The van der Waals surface area contributed by atoms with Gasteiger partial charge in [-0.15, -0.1) is 0 Å². The fraction of sp³-hybridized carbons (Fsp3) is 0.143. The second kappa shape index (κ2) is 5.80. The van der Waals surface area contributed by atoms with Crippen molar-refractivity contribution in [2.45, 2.75) is 0 Å². The van der Waals surface area contributed by atoms with Crippen molar-refractivity contribution in [3.63, 3.8) is 0 Å². The summed E-state index contributed by atoms with van der Waals surface area (Å²) in [6.45, 7) is 7.17. The summed E-state index contributed by atoms with van der Waals surface area (Å²) in [7, 11) is 1.56. The van der Waals surface area contributed by atoms with Crippen LogP contribution in [0.15, 0.2) is 42.7 Å². The molecular formula is C14H12N2O2. The van der Waals surface area contributed by atoms with Crippen LogP contribution in [0.5, 0.6) is 5.75 Å². The van der Waals surface area contributed by atoms with E-state index in [1.807, 2.05) is 18.2 Å². The largest absolute Gasteiger partial charge is 0.468 e. The Morgan fingerprint density at radius 3 is 2.89 bits per heavy atom. The monoisotopic (exact) mass is 240 g/mol. The van der Waals surface area contributed by atoms with Crippen LogP contribution in [0.1, 0.15) is 0 Å². The van der Waals surface area contributed by atoms with Gasteiger partial charge in [-0.05, 0) is 12.1 Å². The van der Waals surface area contributed by atoms with E-state index < -0.39 is 0 Å². The first-order valence-electron chi connectivity index (χ1n) is 5.39. The van der Waals surface area contributed by atoms with Crippen molar-refractivity contribution in [2.75, 3.05) is 13.9 Å². The van der Waals surface area contributed by atoms with Crippen LogP contribution in [0, 0.1) is 6.57 Å². The van der Waals surface area contributed by atoms with Crippen LogP contribution in [-0.4, -0.2) is 18.9 Å². The van der Waals surface area contributed by atoms with E-state index >= 15 is 0 Å². The number of benzene rings is 1. The summed E-state index contributed by atoms with van der Waals surface area (Å²) in [6, 6.07) is 9.12. The van der Waals surface area contributed by atoms with E-state index in [4.69, 9.17) is 16.0 Å². The lowest BCUT2D eigenvalue weighted by atomic mass is 10.1. The van der Waals surface area contributed by atoms with E-state index in [1.165, 1.54) is 0 Å². The van der Waals surface area contributed by atoms with Crippen LogP contribution in [-0.2, 0) is 4.74 Å². The number of hydrogen-bond donors (Lipinski definition) is 0. The highest BCUT2D eigenvalue weighted by Gasteiger charge is 2.07. The van der Waals surface area contributed by atoms with Gasteiger partial charge < -0.3 is 9.47 Å². The van der Waals surface area contributed by atoms with Crippen LogP contribution >= 0.6 is 0 Å². The predicted molar refractivity (Wildman–Crippen MR) is 68.4 cm³/mol. The number of nitrogens with zero attached hydrogens (tertiary/aromatic N) is 2. The molecule has 0 N–H and O–H groups in total. The molecule has 0 aliphatic heterocycles. The van der Waals surface area contributed by atoms with Gasteiger partial charge in [0.25, 0.3) is 0 Å². The normalized spacial score (nSPS) is 9.78. The molecule has 0 amide bonds. The summed E-state index contributed by atoms with van der Waals surface area (Å²) in [6.07, 6.45) is 3.47. The number of rotatable bonds is 4. The second-order valence-corrected chi connectivity index (χ2v) is 3.58. The van der Waals surface area contributed by atoms with Crippen molar-refractivity contribution in [3.05, 3.63) is 54.1 Å². The number of aromatic nitrogens is 1. The number of pyridine rings is 1. The molecule has 0 saturated heterocycles. The molecule has 4 nitrogen and oxygen atoms in total. The van der Waals surface area contributed by atoms with E-state index in [0.29, 0.717) is 11.4 Å². The molecule has 2 rings (SSSR count). The van der Waals surface area contributed by atoms with Crippen LogP contribution < -0.4 is 4.74 Å². The van der Waals surface area contributed by atoms with Gasteiger partial charge in [0.1, 0.15) is 5.75 Å². The molecule has 2 aromatic rings. The zero-order valence-corrected chi connectivity index (χ0v) is 9.96. The quantitative estimate of drug-likeness (QED) is 0.607. The maximum absolute atomic E-state index is 7.02. The maximum atomic E-state index is 7.02. The van der Waals surface area contributed by atoms with Crippen molar-refractivity contribution in [3.8, 4) is 16.9 Å². The number of ether oxygens (including phenoxy) is 2. The maximum Gasteiger partial charge on any atom is 0.190 e.